The van der Waals surface area contributed by atoms with Gasteiger partial charge in [0.15, 0.2) is 0 Å². The average molecular weight is 203 g/mol. The summed E-state index contributed by atoms with van der Waals surface area (Å²) < 4.78 is 15.0. The van der Waals surface area contributed by atoms with E-state index in [1.165, 1.54) is 6.07 Å². The maximum Gasteiger partial charge on any atom is 0.141 e. The Labute approximate surface area is 75.9 Å². The minimum Gasteiger partial charge on any atom is -0.810 e. The molecule has 0 N–H and O–H groups in total. The Bertz CT molecular complexity index is 327. The van der Waals surface area contributed by atoms with Crippen molar-refractivity contribution in [3.8, 4) is 0 Å². The summed E-state index contributed by atoms with van der Waals surface area (Å²) in [6.45, 7) is 3.80. The second kappa shape index (κ2) is 3.62. The molecule has 0 fully saturated rings. The Morgan fingerprint density at radius 3 is 2.62 bits per heavy atom. The molecular weight excluding hydrogens is 193 g/mol. The summed E-state index contributed by atoms with van der Waals surface area (Å²) in [6.07, 6.45) is -0.604. The van der Waals surface area contributed by atoms with Crippen LogP contribution in [0.5, 0.6) is 0 Å². The molecule has 6 heteroatoms. The lowest BCUT2D eigenvalue weighted by Crippen LogP contribution is -2.15. The highest BCUT2D eigenvalue weighted by Gasteiger charge is 2.08. The Hall–Kier alpha value is -0.640. The summed E-state index contributed by atoms with van der Waals surface area (Å²) in [5.41, 5.74) is 0.656. The standard InChI is InChI=1S/C7H12NO4P/c1-5(2)7-3-6(12-8-7)4-13(9,10)11/h3,5H,4H2,1-2H3,(H2,9,10,11)/p-2. The third kappa shape index (κ3) is 3.30. The van der Waals surface area contributed by atoms with Crippen molar-refractivity contribution in [2.45, 2.75) is 25.9 Å². The first-order valence-electron chi connectivity index (χ1n) is 3.85. The van der Waals surface area contributed by atoms with E-state index in [4.69, 9.17) is 0 Å². The van der Waals surface area contributed by atoms with Crippen molar-refractivity contribution in [3.05, 3.63) is 17.5 Å². The molecule has 0 saturated carbocycles. The first kappa shape index (κ1) is 10.4. The Balaban J connectivity index is 2.75. The lowest BCUT2D eigenvalue weighted by atomic mass is 10.1. The summed E-state index contributed by atoms with van der Waals surface area (Å²) in [5, 5.41) is 3.63. The highest BCUT2D eigenvalue weighted by molar-refractivity contribution is 7.47. The Morgan fingerprint density at radius 2 is 2.23 bits per heavy atom. The van der Waals surface area contributed by atoms with Crippen molar-refractivity contribution in [2.75, 3.05) is 0 Å². The van der Waals surface area contributed by atoms with E-state index in [0.29, 0.717) is 5.69 Å². The van der Waals surface area contributed by atoms with Crippen LogP contribution in [0.15, 0.2) is 10.6 Å². The molecule has 1 rings (SSSR count). The molecule has 0 aliphatic carbocycles. The maximum absolute atomic E-state index is 10.4. The van der Waals surface area contributed by atoms with E-state index < -0.39 is 13.8 Å². The molecule has 0 amide bonds. The topological polar surface area (TPSA) is 89.2 Å². The van der Waals surface area contributed by atoms with Crippen LogP contribution in [0.25, 0.3) is 0 Å². The molecule has 0 saturated heterocycles. The van der Waals surface area contributed by atoms with Gasteiger partial charge in [-0.3, -0.25) is 0 Å². The predicted octanol–water partition coefficient (Wildman–Crippen LogP) is 0.212. The SMILES string of the molecule is CC(C)c1cc(CP(=O)([O-])[O-])on1. The number of hydrogen-bond donors (Lipinski definition) is 0. The van der Waals surface area contributed by atoms with Crippen molar-refractivity contribution in [1.82, 2.24) is 5.16 Å². The first-order chi connectivity index (χ1) is 5.88. The van der Waals surface area contributed by atoms with Crippen molar-refractivity contribution in [2.24, 2.45) is 0 Å². The molecule has 0 spiro atoms. The van der Waals surface area contributed by atoms with Gasteiger partial charge in [-0.25, -0.2) is 0 Å². The van der Waals surface area contributed by atoms with Gasteiger partial charge in [0.05, 0.1) is 5.69 Å². The van der Waals surface area contributed by atoms with Crippen LogP contribution in [0, 0.1) is 0 Å². The van der Waals surface area contributed by atoms with Gasteiger partial charge in [0, 0.05) is 12.2 Å². The van der Waals surface area contributed by atoms with Crippen LogP contribution in [0.3, 0.4) is 0 Å². The average Bonchev–Trinajstić information content (AvgIpc) is 2.31. The van der Waals surface area contributed by atoms with Gasteiger partial charge in [-0.2, -0.15) is 0 Å². The molecule has 0 aliphatic heterocycles. The zero-order valence-corrected chi connectivity index (χ0v) is 8.28. The summed E-state index contributed by atoms with van der Waals surface area (Å²) >= 11 is 0. The van der Waals surface area contributed by atoms with Gasteiger partial charge in [-0.1, -0.05) is 26.6 Å². The van der Waals surface area contributed by atoms with E-state index in [-0.39, 0.29) is 11.7 Å². The maximum atomic E-state index is 10.4. The molecule has 0 aliphatic rings. The molecular formula is C7H10NO4P-2. The van der Waals surface area contributed by atoms with E-state index in [0.717, 1.165) is 0 Å². The molecule has 1 aromatic heterocycles. The smallest absolute Gasteiger partial charge is 0.141 e. The second-order valence-corrected chi connectivity index (χ2v) is 4.68. The van der Waals surface area contributed by atoms with Gasteiger partial charge in [-0.05, 0) is 5.92 Å². The fourth-order valence-corrected chi connectivity index (χ4v) is 1.40. The molecule has 0 atom stereocenters. The largest absolute Gasteiger partial charge is 0.810 e. The quantitative estimate of drug-likeness (QED) is 0.655. The Kier molecular flexibility index (Phi) is 2.91. The zero-order chi connectivity index (χ0) is 10.1. The number of hydrogen-bond acceptors (Lipinski definition) is 5. The Morgan fingerprint density at radius 1 is 1.62 bits per heavy atom. The second-order valence-electron chi connectivity index (χ2n) is 3.14. The molecule has 0 radical (unpaired) electrons. The van der Waals surface area contributed by atoms with Gasteiger partial charge in [0.25, 0.3) is 0 Å². The summed E-state index contributed by atoms with van der Waals surface area (Å²) in [5.74, 6) is 0.271. The monoisotopic (exact) mass is 203 g/mol. The van der Waals surface area contributed by atoms with E-state index in [9.17, 15) is 14.4 Å². The van der Waals surface area contributed by atoms with Crippen LogP contribution in [-0.2, 0) is 10.7 Å². The minimum atomic E-state index is -4.54. The van der Waals surface area contributed by atoms with Crippen molar-refractivity contribution >= 4 is 7.60 Å². The van der Waals surface area contributed by atoms with Crippen LogP contribution >= 0.6 is 7.60 Å². The highest BCUT2D eigenvalue weighted by atomic mass is 31.2. The van der Waals surface area contributed by atoms with Crippen LogP contribution in [0.4, 0.5) is 0 Å². The molecule has 0 aromatic carbocycles. The van der Waals surface area contributed by atoms with E-state index in [1.807, 2.05) is 13.8 Å². The fraction of sp³-hybridized carbons (Fsp3) is 0.571. The van der Waals surface area contributed by atoms with Gasteiger partial charge < -0.3 is 18.9 Å². The summed E-state index contributed by atoms with van der Waals surface area (Å²) in [4.78, 5) is 20.7. The fourth-order valence-electron chi connectivity index (χ4n) is 0.866. The van der Waals surface area contributed by atoms with Gasteiger partial charge in [0.2, 0.25) is 0 Å². The predicted molar refractivity (Wildman–Crippen MR) is 41.9 cm³/mol. The number of rotatable bonds is 3. The number of aromatic nitrogens is 1. The van der Waals surface area contributed by atoms with Crippen LogP contribution in [-0.4, -0.2) is 5.16 Å². The lowest BCUT2D eigenvalue weighted by Gasteiger charge is -2.27. The van der Waals surface area contributed by atoms with Crippen LogP contribution in [0.1, 0.15) is 31.2 Å². The zero-order valence-electron chi connectivity index (χ0n) is 7.39. The van der Waals surface area contributed by atoms with E-state index >= 15 is 0 Å². The summed E-state index contributed by atoms with van der Waals surface area (Å²) in [6, 6.07) is 1.49. The van der Waals surface area contributed by atoms with Crippen molar-refractivity contribution in [1.29, 1.82) is 0 Å². The molecule has 5 nitrogen and oxygen atoms in total. The minimum absolute atomic E-state index is 0.108. The van der Waals surface area contributed by atoms with Crippen LogP contribution in [0.2, 0.25) is 0 Å². The van der Waals surface area contributed by atoms with Crippen LogP contribution < -0.4 is 9.79 Å². The third-order valence-corrected chi connectivity index (χ3v) is 2.22. The molecule has 13 heavy (non-hydrogen) atoms. The molecule has 74 valence electrons. The van der Waals surface area contributed by atoms with E-state index in [1.54, 1.807) is 0 Å². The van der Waals surface area contributed by atoms with Gasteiger partial charge >= 0.3 is 0 Å². The first-order valence-corrected chi connectivity index (χ1v) is 5.58. The summed E-state index contributed by atoms with van der Waals surface area (Å²) in [7, 11) is -4.54. The van der Waals surface area contributed by atoms with E-state index in [2.05, 4.69) is 9.68 Å². The van der Waals surface area contributed by atoms with Gasteiger partial charge in [-0.15, -0.1) is 0 Å². The van der Waals surface area contributed by atoms with Gasteiger partial charge in [0.1, 0.15) is 5.76 Å². The third-order valence-electron chi connectivity index (χ3n) is 1.52. The van der Waals surface area contributed by atoms with Crippen molar-refractivity contribution < 1.29 is 18.9 Å². The molecule has 1 heterocycles. The molecule has 0 unspecified atom stereocenters. The lowest BCUT2D eigenvalue weighted by molar-refractivity contribution is -0.314. The molecule has 0 bridgehead atoms. The normalized spacial score (nSPS) is 12.4. The van der Waals surface area contributed by atoms with Crippen molar-refractivity contribution in [3.63, 3.8) is 0 Å². The highest BCUT2D eigenvalue weighted by Crippen LogP contribution is 2.30. The molecule has 1 aromatic rings. The number of nitrogens with zero attached hydrogens (tertiary/aromatic N) is 1.